The van der Waals surface area contributed by atoms with Gasteiger partial charge < -0.3 is 0 Å². The van der Waals surface area contributed by atoms with E-state index in [9.17, 15) is 0 Å². The van der Waals surface area contributed by atoms with Crippen molar-refractivity contribution in [2.45, 2.75) is 13.8 Å². The third-order valence-electron chi connectivity index (χ3n) is 2.37. The molecule has 0 fully saturated rings. The Morgan fingerprint density at radius 3 is 3.00 bits per heavy atom. The molecule has 3 aromatic rings. The monoisotopic (exact) mass is 202 g/mol. The number of aromatic nitrogens is 2. The van der Waals surface area contributed by atoms with Crippen LogP contribution >= 0.6 is 11.3 Å². The maximum Gasteiger partial charge on any atom is 0.194 e. The summed E-state index contributed by atoms with van der Waals surface area (Å²) >= 11 is 1.75. The molecule has 3 rings (SSSR count). The van der Waals surface area contributed by atoms with Crippen LogP contribution in [0.2, 0.25) is 0 Å². The van der Waals surface area contributed by atoms with Gasteiger partial charge in [0.2, 0.25) is 0 Å². The first-order chi connectivity index (χ1) is 6.74. The van der Waals surface area contributed by atoms with Gasteiger partial charge in [0.1, 0.15) is 0 Å². The average Bonchev–Trinajstić information content (AvgIpc) is 2.59. The molecule has 70 valence electrons. The Hall–Kier alpha value is -1.35. The maximum absolute atomic E-state index is 4.46. The van der Waals surface area contributed by atoms with Crippen molar-refractivity contribution < 1.29 is 0 Å². The van der Waals surface area contributed by atoms with Crippen molar-refractivity contribution in [2.75, 3.05) is 0 Å². The maximum atomic E-state index is 4.46. The number of hydrogen-bond donors (Lipinski definition) is 0. The van der Waals surface area contributed by atoms with Crippen molar-refractivity contribution in [1.82, 2.24) is 9.38 Å². The Labute approximate surface area is 85.8 Å². The molecule has 0 aliphatic rings. The van der Waals surface area contributed by atoms with E-state index in [1.165, 1.54) is 15.8 Å². The van der Waals surface area contributed by atoms with E-state index in [1.54, 1.807) is 11.3 Å². The van der Waals surface area contributed by atoms with Crippen molar-refractivity contribution in [3.63, 3.8) is 0 Å². The van der Waals surface area contributed by atoms with Crippen LogP contribution in [0, 0.1) is 13.8 Å². The van der Waals surface area contributed by atoms with Crippen molar-refractivity contribution in [2.24, 2.45) is 0 Å². The Morgan fingerprint density at radius 2 is 2.14 bits per heavy atom. The predicted octanol–water partition coefficient (Wildman–Crippen LogP) is 3.17. The third-order valence-corrected chi connectivity index (χ3v) is 3.39. The van der Waals surface area contributed by atoms with E-state index in [2.05, 4.69) is 40.7 Å². The van der Waals surface area contributed by atoms with E-state index in [-0.39, 0.29) is 0 Å². The minimum atomic E-state index is 1.08. The zero-order valence-electron chi connectivity index (χ0n) is 8.11. The summed E-state index contributed by atoms with van der Waals surface area (Å²) in [5.41, 5.74) is 3.65. The highest BCUT2D eigenvalue weighted by Crippen LogP contribution is 2.26. The van der Waals surface area contributed by atoms with Gasteiger partial charge in [-0.2, -0.15) is 0 Å². The second-order valence-corrected chi connectivity index (χ2v) is 4.62. The van der Waals surface area contributed by atoms with Crippen molar-refractivity contribution >= 4 is 26.5 Å². The minimum absolute atomic E-state index is 1.08. The number of imidazole rings is 1. The van der Waals surface area contributed by atoms with Gasteiger partial charge >= 0.3 is 0 Å². The van der Waals surface area contributed by atoms with Gasteiger partial charge in [-0.1, -0.05) is 17.4 Å². The van der Waals surface area contributed by atoms with Crippen LogP contribution < -0.4 is 0 Å². The van der Waals surface area contributed by atoms with E-state index in [0.717, 1.165) is 10.7 Å². The van der Waals surface area contributed by atoms with Crippen LogP contribution in [-0.2, 0) is 0 Å². The summed E-state index contributed by atoms with van der Waals surface area (Å²) in [7, 11) is 0. The molecule has 0 N–H and O–H groups in total. The lowest BCUT2D eigenvalue weighted by Gasteiger charge is -1.92. The molecule has 0 saturated heterocycles. The first-order valence-electron chi connectivity index (χ1n) is 4.59. The number of rotatable bonds is 0. The van der Waals surface area contributed by atoms with Crippen LogP contribution in [0.3, 0.4) is 0 Å². The van der Waals surface area contributed by atoms with Crippen molar-refractivity contribution in [1.29, 1.82) is 0 Å². The van der Waals surface area contributed by atoms with Crippen molar-refractivity contribution in [3.8, 4) is 0 Å². The van der Waals surface area contributed by atoms with Gasteiger partial charge in [0.25, 0.3) is 0 Å². The Morgan fingerprint density at radius 1 is 1.29 bits per heavy atom. The van der Waals surface area contributed by atoms with E-state index in [0.29, 0.717) is 0 Å². The molecule has 0 aliphatic heterocycles. The zero-order valence-corrected chi connectivity index (χ0v) is 8.93. The highest BCUT2D eigenvalue weighted by molar-refractivity contribution is 7.23. The second kappa shape index (κ2) is 2.58. The van der Waals surface area contributed by atoms with E-state index < -0.39 is 0 Å². The summed E-state index contributed by atoms with van der Waals surface area (Å²) in [6.07, 6.45) is 2.09. The fourth-order valence-electron chi connectivity index (χ4n) is 1.72. The molecule has 0 saturated carbocycles. The number of thiazole rings is 1. The average molecular weight is 202 g/mol. The molecule has 1 aromatic carbocycles. The molecule has 14 heavy (non-hydrogen) atoms. The molecular formula is C11H10N2S. The van der Waals surface area contributed by atoms with Crippen molar-refractivity contribution in [3.05, 3.63) is 35.7 Å². The standard InChI is InChI=1S/C11H10N2S/c1-7-3-4-9-10(5-7)14-11-12-8(2)6-13(9)11/h3-6H,1-2H3. The summed E-state index contributed by atoms with van der Waals surface area (Å²) in [6.45, 7) is 4.15. The molecule has 0 spiro atoms. The molecule has 0 atom stereocenters. The largest absolute Gasteiger partial charge is 0.290 e. The topological polar surface area (TPSA) is 17.3 Å². The number of benzene rings is 1. The molecule has 0 bridgehead atoms. The molecule has 2 aromatic heterocycles. The smallest absolute Gasteiger partial charge is 0.194 e. The highest BCUT2D eigenvalue weighted by Gasteiger charge is 2.05. The van der Waals surface area contributed by atoms with Gasteiger partial charge in [0.05, 0.1) is 15.9 Å². The van der Waals surface area contributed by atoms with Gasteiger partial charge in [-0.3, -0.25) is 4.40 Å². The Kier molecular flexibility index (Phi) is 1.47. The van der Waals surface area contributed by atoms with Crippen LogP contribution in [-0.4, -0.2) is 9.38 Å². The van der Waals surface area contributed by atoms with Crippen LogP contribution in [0.15, 0.2) is 24.4 Å². The normalized spacial score (nSPS) is 11.6. The molecule has 0 aliphatic carbocycles. The lowest BCUT2D eigenvalue weighted by atomic mass is 10.2. The van der Waals surface area contributed by atoms with Gasteiger partial charge in [-0.25, -0.2) is 4.98 Å². The van der Waals surface area contributed by atoms with E-state index in [4.69, 9.17) is 0 Å². The summed E-state index contributed by atoms with van der Waals surface area (Å²) in [6, 6.07) is 6.52. The first-order valence-corrected chi connectivity index (χ1v) is 5.40. The minimum Gasteiger partial charge on any atom is -0.290 e. The van der Waals surface area contributed by atoms with Gasteiger partial charge in [0.15, 0.2) is 4.96 Å². The molecule has 0 amide bonds. The zero-order chi connectivity index (χ0) is 9.71. The van der Waals surface area contributed by atoms with E-state index >= 15 is 0 Å². The fraction of sp³-hybridized carbons (Fsp3) is 0.182. The Balaban J connectivity index is 2.52. The number of nitrogens with zero attached hydrogens (tertiary/aromatic N) is 2. The molecule has 0 radical (unpaired) electrons. The Bertz CT molecular complexity index is 615. The molecule has 2 heterocycles. The van der Waals surface area contributed by atoms with Gasteiger partial charge in [0, 0.05) is 6.20 Å². The predicted molar refractivity (Wildman–Crippen MR) is 60.0 cm³/mol. The van der Waals surface area contributed by atoms with Crippen LogP contribution in [0.5, 0.6) is 0 Å². The SMILES string of the molecule is Cc1ccc2c(c1)sc1nc(C)cn12. The number of hydrogen-bond acceptors (Lipinski definition) is 2. The highest BCUT2D eigenvalue weighted by atomic mass is 32.1. The van der Waals surface area contributed by atoms with Crippen LogP contribution in [0.1, 0.15) is 11.3 Å². The summed E-state index contributed by atoms with van der Waals surface area (Å²) in [5, 5.41) is 0. The summed E-state index contributed by atoms with van der Waals surface area (Å²) in [4.78, 5) is 5.55. The summed E-state index contributed by atoms with van der Waals surface area (Å²) < 4.78 is 3.47. The lowest BCUT2D eigenvalue weighted by molar-refractivity contribution is 1.28. The molecule has 2 nitrogen and oxygen atoms in total. The quantitative estimate of drug-likeness (QED) is 0.547. The van der Waals surface area contributed by atoms with Crippen LogP contribution in [0.25, 0.3) is 15.2 Å². The molecule has 3 heteroatoms. The number of fused-ring (bicyclic) bond motifs is 3. The molecule has 0 unspecified atom stereocenters. The lowest BCUT2D eigenvalue weighted by Crippen LogP contribution is -1.77. The summed E-state index contributed by atoms with van der Waals surface area (Å²) in [5.74, 6) is 0. The van der Waals surface area contributed by atoms with Gasteiger partial charge in [-0.15, -0.1) is 0 Å². The fourth-order valence-corrected chi connectivity index (χ4v) is 2.87. The third kappa shape index (κ3) is 0.990. The molecular weight excluding hydrogens is 192 g/mol. The first kappa shape index (κ1) is 8.00. The second-order valence-electron chi connectivity index (χ2n) is 3.61. The van der Waals surface area contributed by atoms with Gasteiger partial charge in [-0.05, 0) is 31.5 Å². The number of aryl methyl sites for hydroxylation is 2. The van der Waals surface area contributed by atoms with Crippen LogP contribution in [0.4, 0.5) is 0 Å². The van der Waals surface area contributed by atoms with E-state index in [1.807, 2.05) is 6.92 Å².